The minimum Gasteiger partial charge on any atom is -0.438 e. The molecule has 2 aromatic rings. The van der Waals surface area contributed by atoms with E-state index in [9.17, 15) is 18.0 Å². The van der Waals surface area contributed by atoms with Gasteiger partial charge in [-0.3, -0.25) is 9.59 Å². The molecule has 1 aromatic heterocycles. The molecule has 0 spiro atoms. The lowest BCUT2D eigenvalue weighted by molar-refractivity contribution is -0.118. The highest BCUT2D eigenvalue weighted by atomic mass is 32.2. The van der Waals surface area contributed by atoms with E-state index in [4.69, 9.17) is 4.42 Å². The van der Waals surface area contributed by atoms with Crippen LogP contribution in [0.15, 0.2) is 45.9 Å². The number of benzene rings is 1. The zero-order valence-corrected chi connectivity index (χ0v) is 17.3. The number of rotatable bonds is 6. The molecule has 2 N–H and O–H groups in total. The largest absolute Gasteiger partial charge is 0.438 e. The molecule has 3 rings (SSSR count). The number of hydrogen-bond donors (Lipinski definition) is 2. The van der Waals surface area contributed by atoms with E-state index in [2.05, 4.69) is 10.6 Å². The van der Waals surface area contributed by atoms with Gasteiger partial charge in [-0.15, -0.1) is 0 Å². The molecule has 1 aromatic carbocycles. The molecule has 1 aliphatic rings. The third kappa shape index (κ3) is 5.04. The zero-order chi connectivity index (χ0) is 21.0. The van der Waals surface area contributed by atoms with Crippen molar-refractivity contribution in [1.29, 1.82) is 0 Å². The van der Waals surface area contributed by atoms with Crippen LogP contribution in [0, 0.1) is 5.92 Å². The summed E-state index contributed by atoms with van der Waals surface area (Å²) in [6, 6.07) is 9.28. The molecule has 2 amide bonds. The van der Waals surface area contributed by atoms with E-state index in [-0.39, 0.29) is 22.7 Å². The molecule has 1 saturated heterocycles. The van der Waals surface area contributed by atoms with E-state index >= 15 is 0 Å². The Morgan fingerprint density at radius 2 is 1.52 bits per heavy atom. The van der Waals surface area contributed by atoms with E-state index in [1.165, 1.54) is 16.4 Å². The number of furan rings is 1. The molecule has 9 heteroatoms. The standard InChI is InChI=1S/C20H25N3O5S/c1-14(2)19(24)21-15-6-8-16(9-7-15)22-20(25)17-10-11-18(28-17)29(26,27)23-12-4-3-5-13-23/h6-11,14H,3-5,12-13H2,1-2H3,(H,21,24)(H,22,25). The molecular weight excluding hydrogens is 394 g/mol. The van der Waals surface area contributed by atoms with Crippen molar-refractivity contribution in [2.45, 2.75) is 38.2 Å². The second-order valence-electron chi connectivity index (χ2n) is 7.26. The van der Waals surface area contributed by atoms with E-state index in [1.54, 1.807) is 38.1 Å². The number of amides is 2. The number of carbonyl (C=O) groups excluding carboxylic acids is 2. The van der Waals surface area contributed by atoms with Gasteiger partial charge in [-0.05, 0) is 49.2 Å². The highest BCUT2D eigenvalue weighted by Gasteiger charge is 2.29. The lowest BCUT2D eigenvalue weighted by atomic mass is 10.2. The topological polar surface area (TPSA) is 109 Å². The Bertz CT molecular complexity index is 974. The first kappa shape index (κ1) is 21.1. The lowest BCUT2D eigenvalue weighted by Crippen LogP contribution is -2.35. The summed E-state index contributed by atoms with van der Waals surface area (Å²) >= 11 is 0. The lowest BCUT2D eigenvalue weighted by Gasteiger charge is -2.24. The van der Waals surface area contributed by atoms with Gasteiger partial charge in [0.05, 0.1) is 0 Å². The summed E-state index contributed by atoms with van der Waals surface area (Å²) in [5, 5.41) is 5.19. The SMILES string of the molecule is CC(C)C(=O)Nc1ccc(NC(=O)c2ccc(S(=O)(=O)N3CCCCC3)o2)cc1. The van der Waals surface area contributed by atoms with Crippen LogP contribution in [0.3, 0.4) is 0 Å². The minimum atomic E-state index is -3.73. The van der Waals surface area contributed by atoms with Crippen LogP contribution in [0.2, 0.25) is 0 Å². The Morgan fingerprint density at radius 1 is 0.931 bits per heavy atom. The summed E-state index contributed by atoms with van der Waals surface area (Å²) in [7, 11) is -3.73. The average Bonchev–Trinajstić information content (AvgIpc) is 3.21. The summed E-state index contributed by atoms with van der Waals surface area (Å²) in [4.78, 5) is 24.1. The summed E-state index contributed by atoms with van der Waals surface area (Å²) in [6.07, 6.45) is 2.65. The fourth-order valence-electron chi connectivity index (χ4n) is 2.93. The van der Waals surface area contributed by atoms with Gasteiger partial charge in [0.25, 0.3) is 15.9 Å². The Kier molecular flexibility index (Phi) is 6.39. The van der Waals surface area contributed by atoms with Crippen molar-refractivity contribution in [2.75, 3.05) is 23.7 Å². The van der Waals surface area contributed by atoms with Crippen molar-refractivity contribution in [2.24, 2.45) is 5.92 Å². The smallest absolute Gasteiger partial charge is 0.291 e. The molecule has 0 atom stereocenters. The van der Waals surface area contributed by atoms with Crippen LogP contribution in [0.4, 0.5) is 11.4 Å². The predicted octanol–water partition coefficient (Wildman–Crippen LogP) is 3.30. The van der Waals surface area contributed by atoms with Crippen LogP contribution in [0.5, 0.6) is 0 Å². The normalized spacial score (nSPS) is 15.3. The molecule has 0 unspecified atom stereocenters. The molecule has 0 aliphatic carbocycles. The van der Waals surface area contributed by atoms with Gasteiger partial charge in [0.1, 0.15) is 0 Å². The number of hydrogen-bond acceptors (Lipinski definition) is 5. The fraction of sp³-hybridized carbons (Fsp3) is 0.400. The van der Waals surface area contributed by atoms with Gasteiger partial charge in [-0.25, -0.2) is 8.42 Å². The Hall–Kier alpha value is -2.65. The quantitative estimate of drug-likeness (QED) is 0.747. The number of nitrogens with zero attached hydrogens (tertiary/aromatic N) is 1. The predicted molar refractivity (Wildman–Crippen MR) is 109 cm³/mol. The summed E-state index contributed by atoms with van der Waals surface area (Å²) < 4.78 is 32.0. The third-order valence-corrected chi connectivity index (χ3v) is 6.42. The second-order valence-corrected chi connectivity index (χ2v) is 9.13. The van der Waals surface area contributed by atoms with Gasteiger partial charge in [0.2, 0.25) is 11.0 Å². The summed E-state index contributed by atoms with van der Waals surface area (Å²) in [5.74, 6) is -0.870. The average molecular weight is 420 g/mol. The number of anilines is 2. The molecule has 29 heavy (non-hydrogen) atoms. The van der Waals surface area contributed by atoms with E-state index in [0.29, 0.717) is 24.5 Å². The maximum Gasteiger partial charge on any atom is 0.291 e. The molecule has 1 fully saturated rings. The molecule has 0 radical (unpaired) electrons. The summed E-state index contributed by atoms with van der Waals surface area (Å²) in [5.41, 5.74) is 1.11. The Labute approximate surface area is 170 Å². The number of piperidine rings is 1. The Balaban J connectivity index is 1.65. The van der Waals surface area contributed by atoms with Gasteiger partial charge in [0, 0.05) is 30.4 Å². The maximum absolute atomic E-state index is 12.6. The van der Waals surface area contributed by atoms with Gasteiger partial charge in [0.15, 0.2) is 5.76 Å². The van der Waals surface area contributed by atoms with Crippen LogP contribution in [0.25, 0.3) is 0 Å². The minimum absolute atomic E-state index is 0.0854. The van der Waals surface area contributed by atoms with Gasteiger partial charge < -0.3 is 15.1 Å². The maximum atomic E-state index is 12.6. The van der Waals surface area contributed by atoms with Crippen LogP contribution >= 0.6 is 0 Å². The number of carbonyl (C=O) groups is 2. The number of nitrogens with one attached hydrogen (secondary N) is 2. The van der Waals surface area contributed by atoms with Crippen molar-refractivity contribution < 1.29 is 22.4 Å². The van der Waals surface area contributed by atoms with Crippen LogP contribution in [-0.2, 0) is 14.8 Å². The fourth-order valence-corrected chi connectivity index (χ4v) is 4.36. The monoisotopic (exact) mass is 419 g/mol. The molecule has 8 nitrogen and oxygen atoms in total. The summed E-state index contributed by atoms with van der Waals surface area (Å²) in [6.45, 7) is 4.52. The van der Waals surface area contributed by atoms with Crippen molar-refractivity contribution in [3.05, 3.63) is 42.2 Å². The van der Waals surface area contributed by atoms with Gasteiger partial charge >= 0.3 is 0 Å². The van der Waals surface area contributed by atoms with E-state index < -0.39 is 15.9 Å². The molecule has 1 aliphatic heterocycles. The first-order chi connectivity index (χ1) is 13.8. The zero-order valence-electron chi connectivity index (χ0n) is 16.5. The number of sulfonamides is 1. The third-order valence-electron chi connectivity index (χ3n) is 4.65. The van der Waals surface area contributed by atoms with Crippen molar-refractivity contribution in [3.8, 4) is 0 Å². The van der Waals surface area contributed by atoms with Gasteiger partial charge in [-0.2, -0.15) is 4.31 Å². The Morgan fingerprint density at radius 3 is 2.10 bits per heavy atom. The molecule has 2 heterocycles. The van der Waals surface area contributed by atoms with Gasteiger partial charge in [-0.1, -0.05) is 20.3 Å². The first-order valence-corrected chi connectivity index (χ1v) is 11.0. The van der Waals surface area contributed by atoms with Crippen LogP contribution < -0.4 is 10.6 Å². The molecular formula is C20H25N3O5S. The highest BCUT2D eigenvalue weighted by Crippen LogP contribution is 2.23. The highest BCUT2D eigenvalue weighted by molar-refractivity contribution is 7.89. The first-order valence-electron chi connectivity index (χ1n) is 9.59. The second kappa shape index (κ2) is 8.79. The molecule has 156 valence electrons. The molecule has 0 bridgehead atoms. The van der Waals surface area contributed by atoms with Crippen LogP contribution in [0.1, 0.15) is 43.7 Å². The van der Waals surface area contributed by atoms with Crippen molar-refractivity contribution in [3.63, 3.8) is 0 Å². The van der Waals surface area contributed by atoms with Crippen molar-refractivity contribution in [1.82, 2.24) is 4.31 Å². The van der Waals surface area contributed by atoms with Crippen LogP contribution in [-0.4, -0.2) is 37.6 Å². The van der Waals surface area contributed by atoms with Crippen molar-refractivity contribution >= 4 is 33.2 Å². The van der Waals surface area contributed by atoms with E-state index in [1.807, 2.05) is 0 Å². The van der Waals surface area contributed by atoms with E-state index in [0.717, 1.165) is 19.3 Å². The molecule has 0 saturated carbocycles.